The van der Waals surface area contributed by atoms with Gasteiger partial charge >= 0.3 is 0 Å². The number of amides is 1. The minimum absolute atomic E-state index is 0.00132. The highest BCUT2D eigenvalue weighted by Gasteiger charge is 2.42. The van der Waals surface area contributed by atoms with Gasteiger partial charge < -0.3 is 5.32 Å². The lowest BCUT2D eigenvalue weighted by atomic mass is 9.84. The minimum atomic E-state index is -0.00132. The third-order valence-corrected chi connectivity index (χ3v) is 6.55. The van der Waals surface area contributed by atoms with E-state index in [2.05, 4.69) is 34.8 Å². The van der Waals surface area contributed by atoms with Gasteiger partial charge in [-0.1, -0.05) is 18.0 Å². The van der Waals surface area contributed by atoms with E-state index in [0.29, 0.717) is 16.5 Å². The van der Waals surface area contributed by atoms with Crippen LogP contribution in [0.5, 0.6) is 0 Å². The first-order valence-electron chi connectivity index (χ1n) is 7.30. The zero-order valence-corrected chi connectivity index (χ0v) is 14.4. The van der Waals surface area contributed by atoms with Crippen LogP contribution >= 0.6 is 34.2 Å². The molecule has 4 unspecified atom stereocenters. The smallest absolute Gasteiger partial charge is 0.251 e. The SMILES string of the molecule is CC(NC(=O)c1ccc(I)c(Cl)c1)C1CC2CCC1C2. The molecule has 2 saturated carbocycles. The summed E-state index contributed by atoms with van der Waals surface area (Å²) in [6.07, 6.45) is 5.42. The van der Waals surface area contributed by atoms with Gasteiger partial charge in [0, 0.05) is 15.2 Å². The van der Waals surface area contributed by atoms with Crippen molar-refractivity contribution in [1.82, 2.24) is 5.32 Å². The van der Waals surface area contributed by atoms with Gasteiger partial charge in [0.05, 0.1) is 5.02 Å². The number of hydrogen-bond donors (Lipinski definition) is 1. The number of nitrogens with one attached hydrogen (secondary N) is 1. The Morgan fingerprint density at radius 3 is 2.80 bits per heavy atom. The molecule has 1 amide bonds. The van der Waals surface area contributed by atoms with E-state index < -0.39 is 0 Å². The summed E-state index contributed by atoms with van der Waals surface area (Å²) in [6, 6.07) is 5.75. The van der Waals surface area contributed by atoms with Crippen molar-refractivity contribution in [2.24, 2.45) is 17.8 Å². The quantitative estimate of drug-likeness (QED) is 0.740. The Kier molecular flexibility index (Phi) is 4.27. The summed E-state index contributed by atoms with van der Waals surface area (Å²) < 4.78 is 0.974. The van der Waals surface area contributed by atoms with Crippen molar-refractivity contribution in [3.8, 4) is 0 Å². The number of carbonyl (C=O) groups excluding carboxylic acids is 1. The molecule has 0 aliphatic heterocycles. The van der Waals surface area contributed by atoms with Gasteiger partial charge in [-0.3, -0.25) is 4.79 Å². The molecule has 20 heavy (non-hydrogen) atoms. The molecule has 0 aromatic heterocycles. The largest absolute Gasteiger partial charge is 0.349 e. The second-order valence-electron chi connectivity index (χ2n) is 6.23. The normalized spacial score (nSPS) is 29.4. The molecule has 2 fully saturated rings. The number of fused-ring (bicyclic) bond motifs is 2. The van der Waals surface area contributed by atoms with Gasteiger partial charge in [-0.05, 0) is 84.7 Å². The highest BCUT2D eigenvalue weighted by molar-refractivity contribution is 14.1. The zero-order chi connectivity index (χ0) is 14.3. The first-order valence-corrected chi connectivity index (χ1v) is 8.76. The maximum absolute atomic E-state index is 12.3. The Balaban J connectivity index is 1.65. The summed E-state index contributed by atoms with van der Waals surface area (Å²) >= 11 is 8.26. The molecule has 4 atom stereocenters. The molecule has 2 aliphatic carbocycles. The van der Waals surface area contributed by atoms with Crippen LogP contribution in [-0.2, 0) is 0 Å². The van der Waals surface area contributed by atoms with E-state index in [1.807, 2.05) is 12.1 Å². The fourth-order valence-corrected chi connectivity index (χ4v) is 4.46. The first-order chi connectivity index (χ1) is 9.54. The Morgan fingerprint density at radius 2 is 2.20 bits per heavy atom. The second-order valence-corrected chi connectivity index (χ2v) is 7.80. The van der Waals surface area contributed by atoms with E-state index in [-0.39, 0.29) is 11.9 Å². The third-order valence-electron chi connectivity index (χ3n) is 4.98. The fourth-order valence-electron chi connectivity index (χ4n) is 3.94. The van der Waals surface area contributed by atoms with Gasteiger partial charge in [-0.2, -0.15) is 0 Å². The average Bonchev–Trinajstić information content (AvgIpc) is 3.04. The van der Waals surface area contributed by atoms with Crippen LogP contribution in [0.1, 0.15) is 43.0 Å². The summed E-state index contributed by atoms with van der Waals surface area (Å²) in [7, 11) is 0. The third kappa shape index (κ3) is 2.84. The molecule has 2 nitrogen and oxygen atoms in total. The van der Waals surface area contributed by atoms with Crippen LogP contribution in [0, 0.1) is 21.3 Å². The Hall–Kier alpha value is -0.290. The van der Waals surface area contributed by atoms with Crippen molar-refractivity contribution < 1.29 is 4.79 Å². The lowest BCUT2D eigenvalue weighted by Crippen LogP contribution is -2.40. The molecule has 2 bridgehead atoms. The van der Waals surface area contributed by atoms with Crippen molar-refractivity contribution in [2.75, 3.05) is 0 Å². The molecule has 4 heteroatoms. The van der Waals surface area contributed by atoms with E-state index in [0.717, 1.165) is 15.4 Å². The maximum Gasteiger partial charge on any atom is 0.251 e. The predicted molar refractivity (Wildman–Crippen MR) is 90.0 cm³/mol. The molecular weight excluding hydrogens is 385 g/mol. The van der Waals surface area contributed by atoms with Gasteiger partial charge in [0.25, 0.3) is 5.91 Å². The monoisotopic (exact) mass is 403 g/mol. The van der Waals surface area contributed by atoms with Crippen LogP contribution in [0.25, 0.3) is 0 Å². The van der Waals surface area contributed by atoms with E-state index in [4.69, 9.17) is 11.6 Å². The fraction of sp³-hybridized carbons (Fsp3) is 0.562. The second kappa shape index (κ2) is 5.84. The number of rotatable bonds is 3. The van der Waals surface area contributed by atoms with Crippen LogP contribution in [0.4, 0.5) is 0 Å². The van der Waals surface area contributed by atoms with Crippen LogP contribution in [0.3, 0.4) is 0 Å². The maximum atomic E-state index is 12.3. The van der Waals surface area contributed by atoms with Crippen molar-refractivity contribution >= 4 is 40.1 Å². The molecule has 1 aromatic carbocycles. The summed E-state index contributed by atoms with van der Waals surface area (Å²) in [4.78, 5) is 12.3. The Morgan fingerprint density at radius 1 is 1.40 bits per heavy atom. The molecule has 2 aliphatic rings. The van der Waals surface area contributed by atoms with Gasteiger partial charge in [0.15, 0.2) is 0 Å². The van der Waals surface area contributed by atoms with Gasteiger partial charge in [0.2, 0.25) is 0 Å². The number of carbonyl (C=O) groups is 1. The molecule has 0 radical (unpaired) electrons. The zero-order valence-electron chi connectivity index (χ0n) is 11.5. The molecule has 1 N–H and O–H groups in total. The summed E-state index contributed by atoms with van der Waals surface area (Å²) in [5.41, 5.74) is 0.658. The Bertz CT molecular complexity index is 533. The molecule has 0 heterocycles. The standard InChI is InChI=1S/C16H19ClINO/c1-9(13-7-10-2-3-11(13)6-10)19-16(20)12-4-5-15(18)14(17)8-12/h4-5,8-11,13H,2-3,6-7H2,1H3,(H,19,20). The van der Waals surface area contributed by atoms with Crippen molar-refractivity contribution in [3.63, 3.8) is 0 Å². The molecule has 3 rings (SSSR count). The number of hydrogen-bond acceptors (Lipinski definition) is 1. The van der Waals surface area contributed by atoms with Crippen molar-refractivity contribution in [1.29, 1.82) is 0 Å². The predicted octanol–water partition coefficient (Wildman–Crippen LogP) is 4.50. The number of benzene rings is 1. The molecular formula is C16H19ClINO. The minimum Gasteiger partial charge on any atom is -0.349 e. The molecule has 0 spiro atoms. The first kappa shape index (κ1) is 14.6. The van der Waals surface area contributed by atoms with Gasteiger partial charge in [0.1, 0.15) is 0 Å². The Labute approximate surface area is 138 Å². The summed E-state index contributed by atoms with van der Waals surface area (Å²) in [5, 5.41) is 3.81. The van der Waals surface area contributed by atoms with Gasteiger partial charge in [-0.25, -0.2) is 0 Å². The summed E-state index contributed by atoms with van der Waals surface area (Å²) in [6.45, 7) is 2.15. The molecule has 0 saturated heterocycles. The number of halogens is 2. The van der Waals surface area contributed by atoms with Crippen molar-refractivity contribution in [3.05, 3.63) is 32.4 Å². The van der Waals surface area contributed by atoms with E-state index >= 15 is 0 Å². The van der Waals surface area contributed by atoms with Crippen LogP contribution in [-0.4, -0.2) is 11.9 Å². The molecule has 1 aromatic rings. The van der Waals surface area contributed by atoms with Crippen LogP contribution < -0.4 is 5.32 Å². The van der Waals surface area contributed by atoms with E-state index in [9.17, 15) is 4.79 Å². The lowest BCUT2D eigenvalue weighted by Gasteiger charge is -2.28. The van der Waals surface area contributed by atoms with Crippen LogP contribution in [0.15, 0.2) is 18.2 Å². The van der Waals surface area contributed by atoms with E-state index in [1.165, 1.54) is 25.7 Å². The topological polar surface area (TPSA) is 29.1 Å². The molecule has 108 valence electrons. The average molecular weight is 404 g/mol. The van der Waals surface area contributed by atoms with Crippen LogP contribution in [0.2, 0.25) is 5.02 Å². The van der Waals surface area contributed by atoms with E-state index in [1.54, 1.807) is 6.07 Å². The lowest BCUT2D eigenvalue weighted by molar-refractivity contribution is 0.0915. The summed E-state index contributed by atoms with van der Waals surface area (Å²) in [5.74, 6) is 2.41. The van der Waals surface area contributed by atoms with Crippen molar-refractivity contribution in [2.45, 2.75) is 38.6 Å². The van der Waals surface area contributed by atoms with Gasteiger partial charge in [-0.15, -0.1) is 0 Å². The highest BCUT2D eigenvalue weighted by atomic mass is 127. The highest BCUT2D eigenvalue weighted by Crippen LogP contribution is 2.49.